The van der Waals surface area contributed by atoms with Crippen molar-refractivity contribution in [2.75, 3.05) is 6.61 Å². The number of nitrogens with zero attached hydrogens (tertiary/aromatic N) is 1. The number of rotatable bonds is 4. The Morgan fingerprint density at radius 2 is 2.31 bits per heavy atom. The minimum atomic E-state index is -1.07. The second kappa shape index (κ2) is 5.86. The normalized spacial score (nSPS) is 11.3. The summed E-state index contributed by atoms with van der Waals surface area (Å²) >= 11 is 9.27. The number of carboxylic acids is 1. The molecule has 0 aliphatic carbocycles. The van der Waals surface area contributed by atoms with Gasteiger partial charge in [-0.1, -0.05) is 38.8 Å². The number of aliphatic carboxylic acids is 1. The van der Waals surface area contributed by atoms with E-state index >= 15 is 0 Å². The Hall–Kier alpha value is -1.07. The summed E-state index contributed by atoms with van der Waals surface area (Å²) in [4.78, 5) is 14.8. The summed E-state index contributed by atoms with van der Waals surface area (Å²) in [5, 5.41) is 12.5. The molecule has 0 spiro atoms. The van der Waals surface area contributed by atoms with Gasteiger partial charge in [-0.25, -0.2) is 4.79 Å². The Kier molecular flexibility index (Phi) is 4.76. The smallest absolute Gasteiger partial charge is 0.344 e. The van der Waals surface area contributed by atoms with Gasteiger partial charge in [0.15, 0.2) is 0 Å². The fraction of sp³-hybridized carbons (Fsp3) is 0.200. The molecule has 0 fully saturated rings. The molecule has 0 amide bonds. The maximum atomic E-state index is 10.2. The minimum absolute atomic E-state index is 0.467. The fourth-order valence-electron chi connectivity index (χ4n) is 1.02. The van der Waals surface area contributed by atoms with Crippen LogP contribution in [0.1, 0.15) is 12.5 Å². The van der Waals surface area contributed by atoms with Gasteiger partial charge in [0.1, 0.15) is 0 Å². The van der Waals surface area contributed by atoms with Crippen LogP contribution < -0.4 is 0 Å². The van der Waals surface area contributed by atoms with Gasteiger partial charge >= 0.3 is 5.97 Å². The van der Waals surface area contributed by atoms with E-state index in [-0.39, 0.29) is 0 Å². The van der Waals surface area contributed by atoms with E-state index in [0.717, 1.165) is 4.47 Å². The highest BCUT2D eigenvalue weighted by atomic mass is 79.9. The van der Waals surface area contributed by atoms with E-state index < -0.39 is 12.6 Å². The highest BCUT2D eigenvalue weighted by molar-refractivity contribution is 9.10. The summed E-state index contributed by atoms with van der Waals surface area (Å²) in [5.74, 6) is -1.07. The Morgan fingerprint density at radius 3 is 2.88 bits per heavy atom. The lowest BCUT2D eigenvalue weighted by molar-refractivity contribution is -0.142. The largest absolute Gasteiger partial charge is 0.479 e. The Morgan fingerprint density at radius 1 is 1.62 bits per heavy atom. The zero-order valence-corrected chi connectivity index (χ0v) is 10.7. The van der Waals surface area contributed by atoms with Gasteiger partial charge in [0.2, 0.25) is 6.61 Å². The number of oxime groups is 1. The summed E-state index contributed by atoms with van der Waals surface area (Å²) in [7, 11) is 0. The van der Waals surface area contributed by atoms with Crippen LogP contribution in [-0.4, -0.2) is 23.4 Å². The zero-order valence-electron chi connectivity index (χ0n) is 8.41. The van der Waals surface area contributed by atoms with Gasteiger partial charge < -0.3 is 9.94 Å². The van der Waals surface area contributed by atoms with Crippen LogP contribution in [0.5, 0.6) is 0 Å². The van der Waals surface area contributed by atoms with E-state index in [4.69, 9.17) is 16.7 Å². The molecule has 0 radical (unpaired) electrons. The van der Waals surface area contributed by atoms with Crippen molar-refractivity contribution in [1.82, 2.24) is 0 Å². The average molecular weight is 307 g/mol. The number of benzene rings is 1. The Bertz CT molecular complexity index is 434. The summed E-state index contributed by atoms with van der Waals surface area (Å²) in [5.41, 5.74) is 1.23. The van der Waals surface area contributed by atoms with Crippen molar-refractivity contribution in [2.24, 2.45) is 5.16 Å². The molecule has 0 atom stereocenters. The third kappa shape index (κ3) is 3.83. The van der Waals surface area contributed by atoms with Crippen molar-refractivity contribution < 1.29 is 14.7 Å². The number of carboxylic acid groups (broad SMARTS) is 1. The quantitative estimate of drug-likeness (QED) is 0.687. The molecule has 4 nitrogen and oxygen atoms in total. The third-order valence-electron chi connectivity index (χ3n) is 1.71. The van der Waals surface area contributed by atoms with Gasteiger partial charge in [0.05, 0.1) is 10.7 Å². The van der Waals surface area contributed by atoms with Crippen molar-refractivity contribution >= 4 is 39.2 Å². The predicted molar refractivity (Wildman–Crippen MR) is 65.0 cm³/mol. The fourth-order valence-corrected chi connectivity index (χ4v) is 1.83. The second-order valence-corrected chi connectivity index (χ2v) is 4.29. The molecule has 1 aromatic rings. The number of carbonyl (C=O) groups is 1. The van der Waals surface area contributed by atoms with Crippen molar-refractivity contribution in [3.63, 3.8) is 0 Å². The van der Waals surface area contributed by atoms with E-state index in [0.29, 0.717) is 16.3 Å². The van der Waals surface area contributed by atoms with Crippen LogP contribution in [0, 0.1) is 0 Å². The lowest BCUT2D eigenvalue weighted by Gasteiger charge is -2.03. The highest BCUT2D eigenvalue weighted by Crippen LogP contribution is 2.21. The van der Waals surface area contributed by atoms with E-state index in [1.807, 2.05) is 6.07 Å². The Balaban J connectivity index is 2.79. The summed E-state index contributed by atoms with van der Waals surface area (Å²) in [6, 6.07) is 5.32. The molecule has 0 heterocycles. The summed E-state index contributed by atoms with van der Waals surface area (Å²) < 4.78 is 0.862. The first-order chi connectivity index (χ1) is 7.50. The zero-order chi connectivity index (χ0) is 12.1. The molecule has 6 heteroatoms. The van der Waals surface area contributed by atoms with Crippen LogP contribution >= 0.6 is 27.5 Å². The summed E-state index contributed by atoms with van der Waals surface area (Å²) in [6.45, 7) is 1.22. The molecule has 1 aromatic carbocycles. The van der Waals surface area contributed by atoms with Crippen molar-refractivity contribution in [1.29, 1.82) is 0 Å². The molecule has 0 bridgehead atoms. The molecule has 0 aliphatic rings. The standard InChI is InChI=1S/C10H9BrClNO3/c1-6(13-16-5-10(14)15)8-3-2-7(11)4-9(8)12/h2-4H,5H2,1H3,(H,14,15)/b13-6-. The van der Waals surface area contributed by atoms with E-state index in [1.165, 1.54) is 0 Å². The number of hydrogen-bond acceptors (Lipinski definition) is 3. The average Bonchev–Trinajstić information content (AvgIpc) is 2.16. The predicted octanol–water partition coefficient (Wildman–Crippen LogP) is 2.93. The molecule has 0 aliphatic heterocycles. The third-order valence-corrected chi connectivity index (χ3v) is 2.52. The van der Waals surface area contributed by atoms with Crippen LogP contribution in [0.3, 0.4) is 0 Å². The first-order valence-corrected chi connectivity index (χ1v) is 5.51. The highest BCUT2D eigenvalue weighted by Gasteiger charge is 2.05. The first-order valence-electron chi connectivity index (χ1n) is 4.34. The molecular formula is C10H9BrClNO3. The molecule has 0 aromatic heterocycles. The van der Waals surface area contributed by atoms with E-state index in [1.54, 1.807) is 19.1 Å². The molecule has 0 unspecified atom stereocenters. The van der Waals surface area contributed by atoms with Gasteiger partial charge in [-0.15, -0.1) is 0 Å². The second-order valence-electron chi connectivity index (χ2n) is 2.97. The molecule has 0 saturated carbocycles. The number of halogens is 2. The van der Waals surface area contributed by atoms with Crippen molar-refractivity contribution in [2.45, 2.75) is 6.92 Å². The Labute approximate surface area is 106 Å². The van der Waals surface area contributed by atoms with Crippen LogP contribution in [0.4, 0.5) is 0 Å². The molecule has 1 rings (SSSR count). The van der Waals surface area contributed by atoms with Gasteiger partial charge in [0, 0.05) is 10.0 Å². The topological polar surface area (TPSA) is 58.9 Å². The van der Waals surface area contributed by atoms with E-state index in [2.05, 4.69) is 25.9 Å². The van der Waals surface area contributed by atoms with E-state index in [9.17, 15) is 4.79 Å². The van der Waals surface area contributed by atoms with Gasteiger partial charge in [0.25, 0.3) is 0 Å². The van der Waals surface area contributed by atoms with Crippen molar-refractivity contribution in [3.05, 3.63) is 33.3 Å². The SMILES string of the molecule is C/C(=N/OCC(=O)O)c1ccc(Br)cc1Cl. The maximum absolute atomic E-state index is 10.2. The first kappa shape index (κ1) is 13.0. The summed E-state index contributed by atoms with van der Waals surface area (Å²) in [6.07, 6.45) is 0. The maximum Gasteiger partial charge on any atom is 0.344 e. The minimum Gasteiger partial charge on any atom is -0.479 e. The lowest BCUT2D eigenvalue weighted by Crippen LogP contribution is -2.05. The van der Waals surface area contributed by atoms with Gasteiger partial charge in [-0.3, -0.25) is 0 Å². The van der Waals surface area contributed by atoms with Gasteiger partial charge in [-0.2, -0.15) is 0 Å². The monoisotopic (exact) mass is 305 g/mol. The van der Waals surface area contributed by atoms with Crippen LogP contribution in [-0.2, 0) is 9.63 Å². The number of hydrogen-bond donors (Lipinski definition) is 1. The van der Waals surface area contributed by atoms with Gasteiger partial charge in [-0.05, 0) is 19.1 Å². The molecular weight excluding hydrogens is 297 g/mol. The lowest BCUT2D eigenvalue weighted by atomic mass is 10.1. The molecule has 86 valence electrons. The molecule has 0 saturated heterocycles. The van der Waals surface area contributed by atoms with Crippen LogP contribution in [0.2, 0.25) is 5.02 Å². The van der Waals surface area contributed by atoms with Crippen molar-refractivity contribution in [3.8, 4) is 0 Å². The molecule has 1 N–H and O–H groups in total. The molecule has 16 heavy (non-hydrogen) atoms. The van der Waals surface area contributed by atoms with Crippen LogP contribution in [0.25, 0.3) is 0 Å². The van der Waals surface area contributed by atoms with Crippen LogP contribution in [0.15, 0.2) is 27.8 Å².